The number of carbonyl (C=O) groups excluding carboxylic acids is 2. The molecule has 2 rings (SSSR count). The summed E-state index contributed by atoms with van der Waals surface area (Å²) in [5.74, 6) is -0.519. The number of alkyl halides is 3. The molecule has 0 spiro atoms. The average molecular weight is 408 g/mol. The SMILES string of the molecule is CCCCOC(=O)C=Cc1cccc(Oc2ccc(OC(F)(F)F)cc2)c1C=O. The predicted octanol–water partition coefficient (Wildman–Crippen LogP) is 5.55. The minimum Gasteiger partial charge on any atom is -0.463 e. The monoisotopic (exact) mass is 408 g/mol. The highest BCUT2D eigenvalue weighted by Gasteiger charge is 2.31. The number of rotatable bonds is 9. The Hall–Kier alpha value is -3.29. The number of esters is 1. The van der Waals surface area contributed by atoms with Gasteiger partial charge in [0.15, 0.2) is 6.29 Å². The second-order valence-electron chi connectivity index (χ2n) is 5.85. The summed E-state index contributed by atoms with van der Waals surface area (Å²) in [4.78, 5) is 23.2. The first kappa shape index (κ1) is 22.0. The summed E-state index contributed by atoms with van der Waals surface area (Å²) >= 11 is 0. The van der Waals surface area contributed by atoms with Gasteiger partial charge in [-0.2, -0.15) is 0 Å². The molecule has 0 heterocycles. The largest absolute Gasteiger partial charge is 0.573 e. The van der Waals surface area contributed by atoms with Gasteiger partial charge in [-0.3, -0.25) is 4.79 Å². The van der Waals surface area contributed by atoms with Crippen molar-refractivity contribution in [1.29, 1.82) is 0 Å². The zero-order valence-corrected chi connectivity index (χ0v) is 15.6. The van der Waals surface area contributed by atoms with Crippen LogP contribution in [0.15, 0.2) is 48.5 Å². The minimum absolute atomic E-state index is 0.181. The van der Waals surface area contributed by atoms with Crippen LogP contribution in [-0.2, 0) is 9.53 Å². The molecule has 154 valence electrons. The number of ether oxygens (including phenoxy) is 3. The van der Waals surface area contributed by atoms with Crippen LogP contribution >= 0.6 is 0 Å². The summed E-state index contributed by atoms with van der Waals surface area (Å²) in [5, 5.41) is 0. The molecule has 8 heteroatoms. The molecule has 0 aliphatic heterocycles. The topological polar surface area (TPSA) is 61.8 Å². The van der Waals surface area contributed by atoms with Crippen molar-refractivity contribution in [2.45, 2.75) is 26.1 Å². The Morgan fingerprint density at radius 1 is 1.07 bits per heavy atom. The van der Waals surface area contributed by atoms with Crippen molar-refractivity contribution in [1.82, 2.24) is 0 Å². The van der Waals surface area contributed by atoms with E-state index in [9.17, 15) is 22.8 Å². The van der Waals surface area contributed by atoms with Gasteiger partial charge in [0.2, 0.25) is 0 Å². The lowest BCUT2D eigenvalue weighted by molar-refractivity contribution is -0.274. The molecule has 2 aromatic rings. The molecule has 0 saturated carbocycles. The van der Waals surface area contributed by atoms with Gasteiger partial charge in [-0.15, -0.1) is 13.2 Å². The van der Waals surface area contributed by atoms with Gasteiger partial charge in [-0.05, 0) is 48.4 Å². The Kier molecular flexibility index (Phi) is 7.82. The molecule has 0 N–H and O–H groups in total. The predicted molar refractivity (Wildman–Crippen MR) is 99.9 cm³/mol. The van der Waals surface area contributed by atoms with Crippen LogP contribution in [0.25, 0.3) is 6.08 Å². The first-order valence-electron chi connectivity index (χ1n) is 8.79. The summed E-state index contributed by atoms with van der Waals surface area (Å²) < 4.78 is 51.1. The summed E-state index contributed by atoms with van der Waals surface area (Å²) in [6.07, 6.45) is 0.0877. The van der Waals surface area contributed by atoms with Gasteiger partial charge < -0.3 is 14.2 Å². The van der Waals surface area contributed by atoms with E-state index >= 15 is 0 Å². The lowest BCUT2D eigenvalue weighted by Crippen LogP contribution is -2.16. The van der Waals surface area contributed by atoms with Crippen molar-refractivity contribution >= 4 is 18.3 Å². The van der Waals surface area contributed by atoms with Crippen molar-refractivity contribution in [2.24, 2.45) is 0 Å². The number of halogens is 3. The Morgan fingerprint density at radius 3 is 2.38 bits per heavy atom. The molecule has 0 aliphatic carbocycles. The highest BCUT2D eigenvalue weighted by molar-refractivity contribution is 5.91. The van der Waals surface area contributed by atoms with E-state index < -0.39 is 18.1 Å². The smallest absolute Gasteiger partial charge is 0.463 e. The molecule has 5 nitrogen and oxygen atoms in total. The fourth-order valence-electron chi connectivity index (χ4n) is 2.28. The number of unbranched alkanes of at least 4 members (excludes halogenated alkanes) is 1. The van der Waals surface area contributed by atoms with E-state index in [2.05, 4.69) is 4.74 Å². The van der Waals surface area contributed by atoms with E-state index in [-0.39, 0.29) is 17.1 Å². The molecule has 0 aliphatic rings. The van der Waals surface area contributed by atoms with Crippen LogP contribution in [0.2, 0.25) is 0 Å². The maximum Gasteiger partial charge on any atom is 0.573 e. The van der Waals surface area contributed by atoms with E-state index in [1.54, 1.807) is 12.1 Å². The molecular formula is C21H19F3O5. The lowest BCUT2D eigenvalue weighted by Gasteiger charge is -2.12. The Morgan fingerprint density at radius 2 is 1.76 bits per heavy atom. The molecule has 29 heavy (non-hydrogen) atoms. The fraction of sp³-hybridized carbons (Fsp3) is 0.238. The summed E-state index contributed by atoms with van der Waals surface area (Å²) in [6.45, 7) is 2.29. The summed E-state index contributed by atoms with van der Waals surface area (Å²) in [7, 11) is 0. The molecular weight excluding hydrogens is 389 g/mol. The van der Waals surface area contributed by atoms with Crippen LogP contribution in [-0.4, -0.2) is 25.2 Å². The summed E-state index contributed by atoms with van der Waals surface area (Å²) in [5.41, 5.74) is 0.614. The van der Waals surface area contributed by atoms with Crippen LogP contribution in [0.1, 0.15) is 35.7 Å². The van der Waals surface area contributed by atoms with Gasteiger partial charge >= 0.3 is 12.3 Å². The highest BCUT2D eigenvalue weighted by atomic mass is 19.4. The highest BCUT2D eigenvalue weighted by Crippen LogP contribution is 2.30. The minimum atomic E-state index is -4.79. The van der Waals surface area contributed by atoms with Crippen molar-refractivity contribution in [3.8, 4) is 17.2 Å². The zero-order chi connectivity index (χ0) is 21.3. The number of hydrogen-bond donors (Lipinski definition) is 0. The second kappa shape index (κ2) is 10.3. The van der Waals surface area contributed by atoms with Gasteiger partial charge in [0, 0.05) is 6.08 Å². The number of benzene rings is 2. The van der Waals surface area contributed by atoms with Crippen LogP contribution in [0.3, 0.4) is 0 Å². The Bertz CT molecular complexity index is 858. The third-order valence-electron chi connectivity index (χ3n) is 3.64. The van der Waals surface area contributed by atoms with Gasteiger partial charge in [0.1, 0.15) is 17.2 Å². The standard InChI is InChI=1S/C21H19F3O5/c1-2-3-13-27-20(26)12-7-15-5-4-6-19(18(15)14-25)28-16-8-10-17(11-9-16)29-21(22,23)24/h4-12,14H,2-3,13H2,1H3. The quantitative estimate of drug-likeness (QED) is 0.236. The molecule has 2 aromatic carbocycles. The van der Waals surface area contributed by atoms with Crippen molar-refractivity contribution in [3.63, 3.8) is 0 Å². The molecule has 0 unspecified atom stereocenters. The maximum atomic E-state index is 12.2. The zero-order valence-electron chi connectivity index (χ0n) is 15.6. The molecule has 0 atom stereocenters. The number of carbonyl (C=O) groups is 2. The van der Waals surface area contributed by atoms with E-state index in [4.69, 9.17) is 9.47 Å². The van der Waals surface area contributed by atoms with Crippen LogP contribution in [0, 0.1) is 0 Å². The lowest BCUT2D eigenvalue weighted by atomic mass is 10.1. The maximum absolute atomic E-state index is 12.2. The van der Waals surface area contributed by atoms with Crippen LogP contribution in [0.4, 0.5) is 13.2 Å². The number of hydrogen-bond acceptors (Lipinski definition) is 5. The van der Waals surface area contributed by atoms with Crippen LogP contribution in [0.5, 0.6) is 17.2 Å². The van der Waals surface area contributed by atoms with Crippen LogP contribution < -0.4 is 9.47 Å². The van der Waals surface area contributed by atoms with Gasteiger partial charge in [0.25, 0.3) is 0 Å². The first-order valence-corrected chi connectivity index (χ1v) is 8.79. The molecule has 0 bridgehead atoms. The van der Waals surface area contributed by atoms with E-state index in [1.807, 2.05) is 6.92 Å². The molecule has 0 saturated heterocycles. The fourth-order valence-corrected chi connectivity index (χ4v) is 2.28. The van der Waals surface area contributed by atoms with E-state index in [1.165, 1.54) is 30.4 Å². The third kappa shape index (κ3) is 7.33. The molecule has 0 radical (unpaired) electrons. The molecule has 0 amide bonds. The van der Waals surface area contributed by atoms with Crippen molar-refractivity contribution in [2.75, 3.05) is 6.61 Å². The van der Waals surface area contributed by atoms with E-state index in [0.717, 1.165) is 25.0 Å². The summed E-state index contributed by atoms with van der Waals surface area (Å²) in [6, 6.07) is 9.52. The van der Waals surface area contributed by atoms with E-state index in [0.29, 0.717) is 18.5 Å². The third-order valence-corrected chi connectivity index (χ3v) is 3.64. The molecule has 0 aromatic heterocycles. The van der Waals surface area contributed by atoms with Crippen molar-refractivity contribution in [3.05, 3.63) is 59.7 Å². The van der Waals surface area contributed by atoms with Gasteiger partial charge in [0.05, 0.1) is 12.2 Å². The first-order chi connectivity index (χ1) is 13.8. The Labute approximate surface area is 165 Å². The Balaban J connectivity index is 2.13. The second-order valence-corrected chi connectivity index (χ2v) is 5.85. The average Bonchev–Trinajstić information content (AvgIpc) is 2.67. The van der Waals surface area contributed by atoms with Gasteiger partial charge in [-0.25, -0.2) is 4.79 Å². The normalized spacial score (nSPS) is 11.3. The van der Waals surface area contributed by atoms with Crippen molar-refractivity contribution < 1.29 is 37.0 Å². The number of aldehydes is 1. The van der Waals surface area contributed by atoms with Gasteiger partial charge in [-0.1, -0.05) is 25.5 Å². The molecule has 0 fully saturated rings.